The molecule has 0 heterocycles. The van der Waals surface area contributed by atoms with Gasteiger partial charge >= 0.3 is 0 Å². The Hall–Kier alpha value is -2.49. The van der Waals surface area contributed by atoms with E-state index in [9.17, 15) is 4.39 Å². The molecule has 0 aliphatic rings. The Kier molecular flexibility index (Phi) is 6.96. The fraction of sp³-hybridized carbons (Fsp3) is 0.280. The van der Waals surface area contributed by atoms with Crippen LogP contribution in [0.2, 0.25) is 0 Å². The first-order chi connectivity index (χ1) is 13.5. The van der Waals surface area contributed by atoms with E-state index in [4.69, 9.17) is 0 Å². The van der Waals surface area contributed by atoms with Crippen molar-refractivity contribution in [3.05, 3.63) is 107 Å². The average molecular weight is 377 g/mol. The minimum Gasteiger partial charge on any atom is -0.306 e. The van der Waals surface area contributed by atoms with E-state index in [1.807, 2.05) is 24.3 Å². The summed E-state index contributed by atoms with van der Waals surface area (Å²) in [4.78, 5) is 0. The lowest BCUT2D eigenvalue weighted by atomic mass is 9.96. The highest BCUT2D eigenvalue weighted by Gasteiger charge is 2.23. The van der Waals surface area contributed by atoms with Gasteiger partial charge in [0.25, 0.3) is 0 Å². The third-order valence-electron chi connectivity index (χ3n) is 5.27. The van der Waals surface area contributed by atoms with Crippen molar-refractivity contribution in [2.75, 3.05) is 0 Å². The Labute approximate surface area is 167 Å². The Bertz CT molecular complexity index is 833. The van der Waals surface area contributed by atoms with Gasteiger partial charge in [0, 0.05) is 24.2 Å². The van der Waals surface area contributed by atoms with Crippen LogP contribution in [0, 0.1) is 5.82 Å². The number of nitrogens with one attached hydrogen (secondary N) is 2. The van der Waals surface area contributed by atoms with E-state index in [1.54, 1.807) is 0 Å². The molecule has 146 valence electrons. The molecule has 0 unspecified atom stereocenters. The van der Waals surface area contributed by atoms with Crippen LogP contribution >= 0.6 is 0 Å². The molecule has 2 N–H and O–H groups in total. The summed E-state index contributed by atoms with van der Waals surface area (Å²) >= 11 is 0. The lowest BCUT2D eigenvalue weighted by molar-refractivity contribution is 0.344. The van der Waals surface area contributed by atoms with Crippen molar-refractivity contribution in [2.45, 2.75) is 44.9 Å². The van der Waals surface area contributed by atoms with E-state index < -0.39 is 0 Å². The molecule has 0 aliphatic heterocycles. The van der Waals surface area contributed by atoms with Crippen LogP contribution in [0.1, 0.15) is 55.6 Å². The summed E-state index contributed by atoms with van der Waals surface area (Å²) in [6, 6.07) is 28.2. The SMILES string of the molecule is C[C@H](N[C@@H](C)[C@H](N[C@@H](C)c1ccccc1)c1ccc(F)cc1)c1ccccc1. The number of rotatable bonds is 8. The summed E-state index contributed by atoms with van der Waals surface area (Å²) in [6.45, 7) is 6.52. The lowest BCUT2D eigenvalue weighted by Crippen LogP contribution is -2.41. The average Bonchev–Trinajstić information content (AvgIpc) is 2.73. The quantitative estimate of drug-likeness (QED) is 0.507. The first kappa shape index (κ1) is 20.2. The highest BCUT2D eigenvalue weighted by molar-refractivity contribution is 5.25. The zero-order valence-corrected chi connectivity index (χ0v) is 16.8. The number of benzene rings is 3. The van der Waals surface area contributed by atoms with E-state index in [0.717, 1.165) is 5.56 Å². The molecule has 0 bridgehead atoms. The van der Waals surface area contributed by atoms with Crippen LogP contribution in [-0.4, -0.2) is 6.04 Å². The van der Waals surface area contributed by atoms with Crippen LogP contribution in [-0.2, 0) is 0 Å². The fourth-order valence-corrected chi connectivity index (χ4v) is 3.64. The fourth-order valence-electron chi connectivity index (χ4n) is 3.64. The molecule has 28 heavy (non-hydrogen) atoms. The molecular weight excluding hydrogens is 347 g/mol. The summed E-state index contributed by atoms with van der Waals surface area (Å²) in [5.74, 6) is -0.211. The second-order valence-electron chi connectivity index (χ2n) is 7.42. The van der Waals surface area contributed by atoms with E-state index in [0.29, 0.717) is 0 Å². The van der Waals surface area contributed by atoms with E-state index in [1.165, 1.54) is 23.3 Å². The predicted molar refractivity (Wildman–Crippen MR) is 115 cm³/mol. The van der Waals surface area contributed by atoms with Gasteiger partial charge in [0.2, 0.25) is 0 Å². The molecule has 3 aromatic carbocycles. The third kappa shape index (κ3) is 5.28. The minimum atomic E-state index is -0.211. The number of hydrogen-bond donors (Lipinski definition) is 2. The minimum absolute atomic E-state index is 0.0435. The van der Waals surface area contributed by atoms with Crippen LogP contribution in [0.25, 0.3) is 0 Å². The van der Waals surface area contributed by atoms with Gasteiger partial charge in [0.1, 0.15) is 5.82 Å². The van der Waals surface area contributed by atoms with Gasteiger partial charge in [-0.25, -0.2) is 4.39 Å². The highest BCUT2D eigenvalue weighted by atomic mass is 19.1. The maximum Gasteiger partial charge on any atom is 0.123 e. The normalized spacial score (nSPS) is 15.6. The first-order valence-electron chi connectivity index (χ1n) is 9.92. The third-order valence-corrected chi connectivity index (χ3v) is 5.27. The predicted octanol–water partition coefficient (Wildman–Crippen LogP) is 5.96. The summed E-state index contributed by atoms with van der Waals surface area (Å²) < 4.78 is 13.5. The molecular formula is C25H29FN2. The van der Waals surface area contributed by atoms with Crippen molar-refractivity contribution in [1.82, 2.24) is 10.6 Å². The summed E-state index contributed by atoms with van der Waals surface area (Å²) in [6.07, 6.45) is 0. The van der Waals surface area contributed by atoms with Crippen molar-refractivity contribution < 1.29 is 4.39 Å². The molecule has 3 heteroatoms. The van der Waals surface area contributed by atoms with Crippen molar-refractivity contribution in [1.29, 1.82) is 0 Å². The summed E-state index contributed by atoms with van der Waals surface area (Å²) in [5.41, 5.74) is 3.56. The van der Waals surface area contributed by atoms with Crippen LogP contribution < -0.4 is 10.6 Å². The molecule has 0 fully saturated rings. The molecule has 4 atom stereocenters. The van der Waals surface area contributed by atoms with Crippen LogP contribution in [0.4, 0.5) is 4.39 Å². The largest absolute Gasteiger partial charge is 0.306 e. The molecule has 0 radical (unpaired) electrons. The molecule has 0 spiro atoms. The Morgan fingerprint density at radius 2 is 1.04 bits per heavy atom. The van der Waals surface area contributed by atoms with Crippen molar-refractivity contribution in [3.63, 3.8) is 0 Å². The first-order valence-corrected chi connectivity index (χ1v) is 9.92. The van der Waals surface area contributed by atoms with Crippen LogP contribution in [0.3, 0.4) is 0 Å². The Morgan fingerprint density at radius 1 is 0.571 bits per heavy atom. The van der Waals surface area contributed by atoms with Gasteiger partial charge in [-0.15, -0.1) is 0 Å². The van der Waals surface area contributed by atoms with Crippen molar-refractivity contribution >= 4 is 0 Å². The molecule has 3 aromatic rings. The van der Waals surface area contributed by atoms with Gasteiger partial charge in [-0.2, -0.15) is 0 Å². The smallest absolute Gasteiger partial charge is 0.123 e. The van der Waals surface area contributed by atoms with E-state index in [-0.39, 0.29) is 30.0 Å². The van der Waals surface area contributed by atoms with Gasteiger partial charge in [-0.05, 0) is 49.6 Å². The van der Waals surface area contributed by atoms with E-state index in [2.05, 4.69) is 79.9 Å². The molecule has 0 saturated heterocycles. The maximum absolute atomic E-state index is 13.5. The Balaban J connectivity index is 1.80. The van der Waals surface area contributed by atoms with Gasteiger partial charge in [0.15, 0.2) is 0 Å². The summed E-state index contributed by atoms with van der Waals surface area (Å²) in [7, 11) is 0. The molecule has 0 saturated carbocycles. The molecule has 0 aromatic heterocycles. The number of halogens is 1. The zero-order chi connectivity index (χ0) is 19.9. The highest BCUT2D eigenvalue weighted by Crippen LogP contribution is 2.25. The van der Waals surface area contributed by atoms with E-state index >= 15 is 0 Å². The summed E-state index contributed by atoms with van der Waals surface area (Å²) in [5, 5.41) is 7.45. The Morgan fingerprint density at radius 3 is 1.54 bits per heavy atom. The molecule has 0 aliphatic carbocycles. The molecule has 3 rings (SSSR count). The monoisotopic (exact) mass is 376 g/mol. The lowest BCUT2D eigenvalue weighted by Gasteiger charge is -2.32. The topological polar surface area (TPSA) is 24.1 Å². The van der Waals surface area contributed by atoms with Gasteiger partial charge in [-0.3, -0.25) is 0 Å². The zero-order valence-electron chi connectivity index (χ0n) is 16.8. The van der Waals surface area contributed by atoms with Gasteiger partial charge in [0.05, 0.1) is 0 Å². The van der Waals surface area contributed by atoms with Crippen LogP contribution in [0.15, 0.2) is 84.9 Å². The van der Waals surface area contributed by atoms with Gasteiger partial charge < -0.3 is 10.6 Å². The van der Waals surface area contributed by atoms with Crippen molar-refractivity contribution in [2.24, 2.45) is 0 Å². The number of hydrogen-bond acceptors (Lipinski definition) is 2. The molecule has 2 nitrogen and oxygen atoms in total. The second-order valence-corrected chi connectivity index (χ2v) is 7.42. The standard InChI is InChI=1S/C25H29FN2/c1-18(21-10-6-4-7-11-21)27-20(3)25(23-14-16-24(26)17-15-23)28-19(2)22-12-8-5-9-13-22/h4-20,25,27-28H,1-3H3/t18-,19-,20-,25-/m0/s1. The maximum atomic E-state index is 13.5. The second kappa shape index (κ2) is 9.63. The van der Waals surface area contributed by atoms with Gasteiger partial charge in [-0.1, -0.05) is 72.8 Å². The molecule has 0 amide bonds. The van der Waals surface area contributed by atoms with Crippen molar-refractivity contribution in [3.8, 4) is 0 Å². The van der Waals surface area contributed by atoms with Crippen LogP contribution in [0.5, 0.6) is 0 Å².